The zero-order valence-electron chi connectivity index (χ0n) is 17.2. The number of carbonyl (C=O) groups excluding carboxylic acids is 1. The second-order valence-corrected chi connectivity index (χ2v) is 12.2. The van der Waals surface area contributed by atoms with Crippen molar-refractivity contribution < 1.29 is 14.3 Å². The third-order valence-corrected chi connectivity index (χ3v) is 10.5. The fourth-order valence-electron chi connectivity index (χ4n) is 4.25. The van der Waals surface area contributed by atoms with Crippen molar-refractivity contribution in [1.29, 1.82) is 0 Å². The van der Waals surface area contributed by atoms with E-state index in [9.17, 15) is 4.79 Å². The molecule has 1 heterocycles. The first-order valence-corrected chi connectivity index (χ1v) is 12.9. The maximum Gasteiger partial charge on any atom is 0.341 e. The topological polar surface area (TPSA) is 35.5 Å². The van der Waals surface area contributed by atoms with Crippen molar-refractivity contribution in [3.8, 4) is 5.75 Å². The standard InChI is InChI=1S/C24H32O3P/c1-20-11-10-14-22(24(25)26-2)23(20)27-15-18-28(16-8-3-4-9-17-28)19-21-12-6-5-7-13-21/h5-7,10-14H,3-4,8-9,15-19H2,1-2H3/q+1. The lowest BCUT2D eigenvalue weighted by Crippen LogP contribution is -2.16. The minimum absolute atomic E-state index is 0.332. The SMILES string of the molecule is COC(=O)c1cccc(C)c1OCC[P+]1(Cc2ccccc2)CCCCCC1. The largest absolute Gasteiger partial charge is 0.489 e. The van der Waals surface area contributed by atoms with E-state index in [-0.39, 0.29) is 5.97 Å². The van der Waals surface area contributed by atoms with E-state index in [1.807, 2.05) is 19.1 Å². The third kappa shape index (κ3) is 5.35. The number of carbonyl (C=O) groups is 1. The molecular formula is C24H32O3P+. The molecule has 2 aromatic rings. The lowest BCUT2D eigenvalue weighted by molar-refractivity contribution is 0.0596. The number of rotatable bonds is 7. The highest BCUT2D eigenvalue weighted by atomic mass is 31.2. The van der Waals surface area contributed by atoms with Crippen LogP contribution in [0, 0.1) is 6.92 Å². The second kappa shape index (κ2) is 10.1. The average molecular weight is 399 g/mol. The first-order chi connectivity index (χ1) is 13.6. The van der Waals surface area contributed by atoms with Crippen LogP contribution in [0.15, 0.2) is 48.5 Å². The summed E-state index contributed by atoms with van der Waals surface area (Å²) in [4.78, 5) is 12.1. The van der Waals surface area contributed by atoms with Gasteiger partial charge < -0.3 is 9.47 Å². The monoisotopic (exact) mass is 399 g/mol. The van der Waals surface area contributed by atoms with Crippen LogP contribution in [0.1, 0.15) is 47.2 Å². The summed E-state index contributed by atoms with van der Waals surface area (Å²) in [5, 5.41) is 0. The average Bonchev–Trinajstić information content (AvgIpc) is 2.95. The zero-order valence-corrected chi connectivity index (χ0v) is 18.0. The minimum atomic E-state index is -1.09. The first-order valence-electron chi connectivity index (χ1n) is 10.3. The van der Waals surface area contributed by atoms with E-state index in [4.69, 9.17) is 9.47 Å². The van der Waals surface area contributed by atoms with Crippen LogP contribution in [0.2, 0.25) is 0 Å². The van der Waals surface area contributed by atoms with Crippen LogP contribution in [-0.2, 0) is 10.9 Å². The Hall–Kier alpha value is -1.86. The Morgan fingerprint density at radius 3 is 2.36 bits per heavy atom. The Balaban J connectivity index is 1.73. The van der Waals surface area contributed by atoms with Crippen molar-refractivity contribution in [1.82, 2.24) is 0 Å². The van der Waals surface area contributed by atoms with E-state index in [2.05, 4.69) is 30.3 Å². The molecule has 0 aromatic heterocycles. The first kappa shape index (κ1) is 20.9. The third-order valence-electron chi connectivity index (χ3n) is 5.80. The fraction of sp³-hybridized carbons (Fsp3) is 0.458. The van der Waals surface area contributed by atoms with Gasteiger partial charge in [-0.1, -0.05) is 42.5 Å². The Morgan fingerprint density at radius 2 is 1.68 bits per heavy atom. The van der Waals surface area contributed by atoms with Crippen LogP contribution in [0.5, 0.6) is 5.75 Å². The van der Waals surface area contributed by atoms with Gasteiger partial charge >= 0.3 is 5.97 Å². The highest BCUT2D eigenvalue weighted by Crippen LogP contribution is 2.63. The molecule has 1 aliphatic heterocycles. The molecule has 3 rings (SSSR count). The highest BCUT2D eigenvalue weighted by molar-refractivity contribution is 7.75. The molecule has 4 heteroatoms. The van der Waals surface area contributed by atoms with Crippen molar-refractivity contribution in [2.24, 2.45) is 0 Å². The van der Waals surface area contributed by atoms with Crippen molar-refractivity contribution >= 4 is 13.2 Å². The van der Waals surface area contributed by atoms with Crippen LogP contribution in [0.4, 0.5) is 0 Å². The van der Waals surface area contributed by atoms with Gasteiger partial charge in [0.25, 0.3) is 0 Å². The fourth-order valence-corrected chi connectivity index (χ4v) is 8.65. The van der Waals surface area contributed by atoms with Gasteiger partial charge in [-0.2, -0.15) is 0 Å². The van der Waals surface area contributed by atoms with E-state index >= 15 is 0 Å². The molecule has 0 unspecified atom stereocenters. The molecule has 0 bridgehead atoms. The summed E-state index contributed by atoms with van der Waals surface area (Å²) in [6.45, 7) is 2.66. The van der Waals surface area contributed by atoms with Gasteiger partial charge in [0.1, 0.15) is 17.9 Å². The highest BCUT2D eigenvalue weighted by Gasteiger charge is 2.38. The molecule has 0 N–H and O–H groups in total. The summed E-state index contributed by atoms with van der Waals surface area (Å²) >= 11 is 0. The van der Waals surface area contributed by atoms with Crippen LogP contribution in [0.25, 0.3) is 0 Å². The van der Waals surface area contributed by atoms with Crippen molar-refractivity contribution in [3.05, 3.63) is 65.2 Å². The molecule has 1 saturated heterocycles. The molecule has 3 nitrogen and oxygen atoms in total. The summed E-state index contributed by atoms with van der Waals surface area (Å²) in [5.41, 5.74) is 2.97. The van der Waals surface area contributed by atoms with Gasteiger partial charge in [0.2, 0.25) is 0 Å². The molecule has 2 aromatic carbocycles. The number of aryl methyl sites for hydroxylation is 1. The van der Waals surface area contributed by atoms with Gasteiger partial charge in [-0.15, -0.1) is 0 Å². The summed E-state index contributed by atoms with van der Waals surface area (Å²) in [6, 6.07) is 16.6. The Morgan fingerprint density at radius 1 is 0.964 bits per heavy atom. The molecule has 0 amide bonds. The Bertz CT molecular complexity index is 765. The van der Waals surface area contributed by atoms with E-state index in [0.717, 1.165) is 11.7 Å². The lowest BCUT2D eigenvalue weighted by atomic mass is 10.1. The van der Waals surface area contributed by atoms with Crippen molar-refractivity contribution in [3.63, 3.8) is 0 Å². The van der Waals surface area contributed by atoms with Crippen LogP contribution in [-0.4, -0.2) is 38.2 Å². The summed E-state index contributed by atoms with van der Waals surface area (Å²) in [7, 11) is 0.322. The summed E-state index contributed by atoms with van der Waals surface area (Å²) < 4.78 is 11.2. The molecule has 1 aliphatic rings. The molecule has 0 spiro atoms. The molecule has 0 saturated carbocycles. The normalized spacial score (nSPS) is 16.2. The van der Waals surface area contributed by atoms with Gasteiger partial charge in [-0.05, 0) is 49.8 Å². The van der Waals surface area contributed by atoms with E-state index < -0.39 is 7.26 Å². The van der Waals surface area contributed by atoms with Crippen LogP contribution >= 0.6 is 7.26 Å². The number of benzene rings is 2. The zero-order chi connectivity index (χ0) is 19.8. The second-order valence-electron chi connectivity index (χ2n) is 7.86. The number of hydrogen-bond donors (Lipinski definition) is 0. The molecule has 0 aliphatic carbocycles. The van der Waals surface area contributed by atoms with E-state index in [1.54, 1.807) is 6.07 Å². The predicted molar refractivity (Wildman–Crippen MR) is 118 cm³/mol. The summed E-state index contributed by atoms with van der Waals surface area (Å²) in [6.07, 6.45) is 10.5. The van der Waals surface area contributed by atoms with Gasteiger partial charge in [0, 0.05) is 7.26 Å². The summed E-state index contributed by atoms with van der Waals surface area (Å²) in [5.74, 6) is 0.351. The number of para-hydroxylation sites is 1. The molecule has 0 radical (unpaired) electrons. The number of hydrogen-bond acceptors (Lipinski definition) is 3. The lowest BCUT2D eigenvalue weighted by Gasteiger charge is -2.27. The number of esters is 1. The Kier molecular flexibility index (Phi) is 7.50. The van der Waals surface area contributed by atoms with Gasteiger partial charge in [-0.3, -0.25) is 0 Å². The smallest absolute Gasteiger partial charge is 0.341 e. The molecular weight excluding hydrogens is 367 g/mol. The maximum atomic E-state index is 12.1. The maximum absolute atomic E-state index is 12.1. The number of methoxy groups -OCH3 is 1. The molecule has 1 fully saturated rings. The van der Waals surface area contributed by atoms with Crippen LogP contribution in [0.3, 0.4) is 0 Å². The Labute approximate surface area is 169 Å². The molecule has 28 heavy (non-hydrogen) atoms. The minimum Gasteiger partial charge on any atom is -0.489 e. The van der Waals surface area contributed by atoms with E-state index in [0.29, 0.717) is 17.9 Å². The quantitative estimate of drug-likeness (QED) is 0.426. The molecule has 0 atom stereocenters. The van der Waals surface area contributed by atoms with Crippen molar-refractivity contribution in [2.45, 2.75) is 38.8 Å². The predicted octanol–water partition coefficient (Wildman–Crippen LogP) is 5.95. The van der Waals surface area contributed by atoms with E-state index in [1.165, 1.54) is 56.8 Å². The van der Waals surface area contributed by atoms with Gasteiger partial charge in [0.15, 0.2) is 0 Å². The molecule has 150 valence electrons. The van der Waals surface area contributed by atoms with Gasteiger partial charge in [-0.25, -0.2) is 4.79 Å². The van der Waals surface area contributed by atoms with Crippen LogP contribution < -0.4 is 4.74 Å². The number of ether oxygens (including phenoxy) is 2. The van der Waals surface area contributed by atoms with Crippen molar-refractivity contribution in [2.75, 3.05) is 32.2 Å². The van der Waals surface area contributed by atoms with Gasteiger partial charge in [0.05, 0.1) is 31.8 Å².